The molecule has 1 fully saturated rings. The Bertz CT molecular complexity index is 1090. The third kappa shape index (κ3) is 4.51. The molecule has 0 saturated carbocycles. The fourth-order valence-corrected chi connectivity index (χ4v) is 4.15. The number of carbonyl (C=O) groups excluding carboxylic acids is 2. The van der Waals surface area contributed by atoms with Crippen molar-refractivity contribution >= 4 is 11.8 Å². The number of rotatable bonds is 6. The maximum Gasteiger partial charge on any atom is 0.274 e. The number of nitrogens with zero attached hydrogens (tertiary/aromatic N) is 4. The average Bonchev–Trinajstić information content (AvgIpc) is 2.83. The van der Waals surface area contributed by atoms with Crippen molar-refractivity contribution in [3.05, 3.63) is 84.2 Å². The predicted octanol–water partition coefficient (Wildman–Crippen LogP) is 3.59. The van der Waals surface area contributed by atoms with Crippen LogP contribution in [-0.2, 0) is 11.2 Å². The maximum atomic E-state index is 13.4. The van der Waals surface area contributed by atoms with Gasteiger partial charge >= 0.3 is 0 Å². The summed E-state index contributed by atoms with van der Waals surface area (Å²) in [5, 5.41) is 0. The van der Waals surface area contributed by atoms with Crippen LogP contribution in [0.3, 0.4) is 0 Å². The Morgan fingerprint density at radius 2 is 1.88 bits per heavy atom. The number of benzene rings is 2. The summed E-state index contributed by atoms with van der Waals surface area (Å²) >= 11 is 0. The number of piperazine rings is 1. The van der Waals surface area contributed by atoms with Gasteiger partial charge in [-0.05, 0) is 35.2 Å². The van der Waals surface area contributed by atoms with E-state index >= 15 is 0 Å². The molecule has 0 unspecified atom stereocenters. The van der Waals surface area contributed by atoms with Crippen LogP contribution in [0.25, 0.3) is 11.1 Å². The van der Waals surface area contributed by atoms with Gasteiger partial charge in [0.2, 0.25) is 5.91 Å². The second-order valence-corrected chi connectivity index (χ2v) is 7.80. The SMILES string of the molecule is CCCN1CCN(C(=O)c2cnccn2)[C@H](Cc2ccccc2-c2ccc(F)cc2)C1=O. The highest BCUT2D eigenvalue weighted by molar-refractivity contribution is 5.97. The predicted molar refractivity (Wildman–Crippen MR) is 119 cm³/mol. The number of amides is 2. The minimum Gasteiger partial charge on any atom is -0.339 e. The summed E-state index contributed by atoms with van der Waals surface area (Å²) < 4.78 is 13.4. The number of hydrogen-bond donors (Lipinski definition) is 0. The molecule has 0 spiro atoms. The van der Waals surface area contributed by atoms with Crippen molar-refractivity contribution < 1.29 is 14.0 Å². The van der Waals surface area contributed by atoms with Gasteiger partial charge in [0.05, 0.1) is 6.20 Å². The highest BCUT2D eigenvalue weighted by Gasteiger charge is 2.38. The van der Waals surface area contributed by atoms with E-state index in [0.29, 0.717) is 26.1 Å². The average molecular weight is 432 g/mol. The summed E-state index contributed by atoms with van der Waals surface area (Å²) in [7, 11) is 0. The molecule has 0 aliphatic carbocycles. The fourth-order valence-electron chi connectivity index (χ4n) is 4.15. The second kappa shape index (κ2) is 9.68. The zero-order chi connectivity index (χ0) is 22.5. The van der Waals surface area contributed by atoms with Crippen molar-refractivity contribution in [1.82, 2.24) is 19.8 Å². The lowest BCUT2D eigenvalue weighted by Crippen LogP contribution is -2.59. The molecule has 2 aromatic carbocycles. The molecule has 32 heavy (non-hydrogen) atoms. The monoisotopic (exact) mass is 432 g/mol. The van der Waals surface area contributed by atoms with Gasteiger partial charge in [0, 0.05) is 38.4 Å². The van der Waals surface area contributed by atoms with Crippen LogP contribution in [-0.4, -0.2) is 57.3 Å². The van der Waals surface area contributed by atoms with Crippen LogP contribution in [0.5, 0.6) is 0 Å². The van der Waals surface area contributed by atoms with Gasteiger partial charge in [-0.25, -0.2) is 9.37 Å². The first-order valence-corrected chi connectivity index (χ1v) is 10.8. The van der Waals surface area contributed by atoms with E-state index in [-0.39, 0.29) is 23.3 Å². The Hall–Kier alpha value is -3.61. The Kier molecular flexibility index (Phi) is 6.54. The smallest absolute Gasteiger partial charge is 0.274 e. The van der Waals surface area contributed by atoms with Gasteiger partial charge < -0.3 is 9.80 Å². The van der Waals surface area contributed by atoms with Gasteiger partial charge in [-0.1, -0.05) is 43.3 Å². The summed E-state index contributed by atoms with van der Waals surface area (Å²) in [6, 6.07) is 13.4. The number of carbonyl (C=O) groups is 2. The third-order valence-corrected chi connectivity index (χ3v) is 5.71. The highest BCUT2D eigenvalue weighted by atomic mass is 19.1. The van der Waals surface area contributed by atoms with Crippen LogP contribution in [0.2, 0.25) is 0 Å². The topological polar surface area (TPSA) is 66.4 Å². The van der Waals surface area contributed by atoms with Crippen molar-refractivity contribution in [3.63, 3.8) is 0 Å². The molecule has 2 heterocycles. The van der Waals surface area contributed by atoms with Gasteiger partial charge in [0.25, 0.3) is 5.91 Å². The highest BCUT2D eigenvalue weighted by Crippen LogP contribution is 2.27. The summed E-state index contributed by atoms with van der Waals surface area (Å²) in [6.45, 7) is 3.62. The molecular weight excluding hydrogens is 407 g/mol. The molecule has 0 bridgehead atoms. The zero-order valence-corrected chi connectivity index (χ0v) is 17.9. The fraction of sp³-hybridized carbons (Fsp3) is 0.280. The first-order chi connectivity index (χ1) is 15.6. The second-order valence-electron chi connectivity index (χ2n) is 7.80. The summed E-state index contributed by atoms with van der Waals surface area (Å²) in [5.41, 5.74) is 2.93. The van der Waals surface area contributed by atoms with Gasteiger partial charge in [-0.15, -0.1) is 0 Å². The molecule has 1 aliphatic heterocycles. The molecule has 1 saturated heterocycles. The van der Waals surface area contributed by atoms with Crippen LogP contribution in [0.1, 0.15) is 29.4 Å². The Balaban J connectivity index is 1.68. The number of hydrogen-bond acceptors (Lipinski definition) is 4. The molecule has 0 N–H and O–H groups in total. The molecule has 4 rings (SSSR count). The van der Waals surface area contributed by atoms with Gasteiger partial charge in [-0.3, -0.25) is 14.6 Å². The number of halogens is 1. The van der Waals surface area contributed by atoms with Gasteiger partial charge in [-0.2, -0.15) is 0 Å². The lowest BCUT2D eigenvalue weighted by Gasteiger charge is -2.40. The summed E-state index contributed by atoms with van der Waals surface area (Å²) in [4.78, 5) is 38.2. The Labute approximate surface area is 186 Å². The maximum absolute atomic E-state index is 13.4. The molecule has 1 aromatic heterocycles. The lowest BCUT2D eigenvalue weighted by atomic mass is 9.93. The van der Waals surface area contributed by atoms with Crippen molar-refractivity contribution in [2.45, 2.75) is 25.8 Å². The first-order valence-electron chi connectivity index (χ1n) is 10.8. The van der Waals surface area contributed by atoms with E-state index in [9.17, 15) is 14.0 Å². The molecule has 164 valence electrons. The lowest BCUT2D eigenvalue weighted by molar-refractivity contribution is -0.140. The van der Waals surface area contributed by atoms with E-state index in [1.165, 1.54) is 30.7 Å². The van der Waals surface area contributed by atoms with E-state index in [1.54, 1.807) is 17.0 Å². The van der Waals surface area contributed by atoms with Crippen molar-refractivity contribution in [3.8, 4) is 11.1 Å². The number of aromatic nitrogens is 2. The summed E-state index contributed by atoms with van der Waals surface area (Å²) in [6.07, 6.45) is 5.62. The Morgan fingerprint density at radius 1 is 1.09 bits per heavy atom. The van der Waals surface area contributed by atoms with Crippen molar-refractivity contribution in [2.24, 2.45) is 0 Å². The van der Waals surface area contributed by atoms with Crippen molar-refractivity contribution in [1.29, 1.82) is 0 Å². The normalized spacial score (nSPS) is 16.3. The van der Waals surface area contributed by atoms with Crippen molar-refractivity contribution in [2.75, 3.05) is 19.6 Å². The van der Waals surface area contributed by atoms with Crippen LogP contribution in [0, 0.1) is 5.82 Å². The zero-order valence-electron chi connectivity index (χ0n) is 17.9. The van der Waals surface area contributed by atoms with E-state index < -0.39 is 6.04 Å². The summed E-state index contributed by atoms with van der Waals surface area (Å²) in [5.74, 6) is -0.666. The largest absolute Gasteiger partial charge is 0.339 e. The van der Waals surface area contributed by atoms with E-state index in [1.807, 2.05) is 36.1 Å². The molecule has 0 radical (unpaired) electrons. The van der Waals surface area contributed by atoms with Crippen LogP contribution in [0.4, 0.5) is 4.39 Å². The standard InChI is InChI=1S/C25H25FN4O2/c1-2-13-29-14-15-30(24(31)22-17-27-11-12-28-22)23(25(29)32)16-19-5-3-4-6-21(19)18-7-9-20(26)10-8-18/h3-12,17,23H,2,13-16H2,1H3/t23-/m1/s1. The molecule has 2 amide bonds. The van der Waals surface area contributed by atoms with Crippen LogP contribution < -0.4 is 0 Å². The molecule has 7 heteroatoms. The minimum atomic E-state index is -0.647. The van der Waals surface area contributed by atoms with Crippen LogP contribution >= 0.6 is 0 Å². The molecule has 6 nitrogen and oxygen atoms in total. The van der Waals surface area contributed by atoms with Gasteiger partial charge in [0.1, 0.15) is 17.6 Å². The van der Waals surface area contributed by atoms with E-state index in [0.717, 1.165) is 23.1 Å². The van der Waals surface area contributed by atoms with Crippen LogP contribution in [0.15, 0.2) is 67.1 Å². The Morgan fingerprint density at radius 3 is 2.59 bits per heavy atom. The third-order valence-electron chi connectivity index (χ3n) is 5.71. The first kappa shape index (κ1) is 21.6. The molecule has 3 aromatic rings. The quantitative estimate of drug-likeness (QED) is 0.597. The van der Waals surface area contributed by atoms with Gasteiger partial charge in [0.15, 0.2) is 0 Å². The molecule has 1 aliphatic rings. The molecular formula is C25H25FN4O2. The minimum absolute atomic E-state index is 0.0655. The van der Waals surface area contributed by atoms with E-state index in [4.69, 9.17) is 0 Å². The molecule has 1 atom stereocenters. The van der Waals surface area contributed by atoms with E-state index in [2.05, 4.69) is 9.97 Å².